The van der Waals surface area contributed by atoms with E-state index < -0.39 is 0 Å². The minimum absolute atomic E-state index is 0.0325. The molecule has 2 fully saturated rings. The number of hydrogen-bond donors (Lipinski definition) is 0. The third kappa shape index (κ3) is 2.78. The Morgan fingerprint density at radius 1 is 1.24 bits per heavy atom. The molecule has 0 bridgehead atoms. The van der Waals surface area contributed by atoms with Crippen LogP contribution in [-0.2, 0) is 9.53 Å². The molecule has 0 saturated carbocycles. The van der Waals surface area contributed by atoms with Gasteiger partial charge in [-0.3, -0.25) is 9.59 Å². The minimum Gasteiger partial charge on any atom is -0.377 e. The second-order valence-electron chi connectivity index (χ2n) is 5.62. The molecule has 0 aromatic heterocycles. The van der Waals surface area contributed by atoms with Gasteiger partial charge in [-0.2, -0.15) is 0 Å². The molecule has 0 radical (unpaired) electrons. The van der Waals surface area contributed by atoms with Crippen molar-refractivity contribution in [3.63, 3.8) is 0 Å². The van der Waals surface area contributed by atoms with E-state index in [1.807, 2.05) is 36.1 Å². The van der Waals surface area contributed by atoms with Crippen molar-refractivity contribution in [2.45, 2.75) is 25.8 Å². The second-order valence-corrected chi connectivity index (χ2v) is 5.62. The third-order valence-corrected chi connectivity index (χ3v) is 4.13. The van der Waals surface area contributed by atoms with Gasteiger partial charge in [-0.15, -0.1) is 0 Å². The molecule has 1 unspecified atom stereocenters. The summed E-state index contributed by atoms with van der Waals surface area (Å²) < 4.78 is 5.36. The van der Waals surface area contributed by atoms with Gasteiger partial charge in [0.05, 0.1) is 19.3 Å². The van der Waals surface area contributed by atoms with Crippen molar-refractivity contribution in [1.82, 2.24) is 4.90 Å². The van der Waals surface area contributed by atoms with Crippen molar-refractivity contribution in [2.75, 3.05) is 31.2 Å². The Kier molecular flexibility index (Phi) is 3.92. The largest absolute Gasteiger partial charge is 0.377 e. The lowest BCUT2D eigenvalue weighted by Gasteiger charge is -2.33. The van der Waals surface area contributed by atoms with Crippen molar-refractivity contribution in [1.29, 1.82) is 0 Å². The lowest BCUT2D eigenvalue weighted by molar-refractivity contribution is -0.117. The summed E-state index contributed by atoms with van der Waals surface area (Å²) in [6.07, 6.45) is 1.52. The predicted octanol–water partition coefficient (Wildman–Crippen LogP) is 1.67. The maximum Gasteiger partial charge on any atom is 0.254 e. The van der Waals surface area contributed by atoms with Gasteiger partial charge in [-0.05, 0) is 37.6 Å². The van der Waals surface area contributed by atoms with Gasteiger partial charge >= 0.3 is 0 Å². The lowest BCUT2D eigenvalue weighted by Crippen LogP contribution is -2.47. The summed E-state index contributed by atoms with van der Waals surface area (Å²) >= 11 is 0. The number of rotatable bonds is 2. The number of hydrogen-bond acceptors (Lipinski definition) is 3. The topological polar surface area (TPSA) is 49.9 Å². The maximum absolute atomic E-state index is 12.5. The van der Waals surface area contributed by atoms with Crippen LogP contribution in [0.1, 0.15) is 30.1 Å². The molecule has 5 nitrogen and oxygen atoms in total. The molecule has 2 saturated heterocycles. The standard InChI is InChI=1S/C16H20N2O3/c1-12-11-21-10-9-17(12)16(20)13-4-6-14(7-5-13)18-8-2-3-15(18)19/h4-7,12H,2-3,8-11H2,1H3. The van der Waals surface area contributed by atoms with Crippen molar-refractivity contribution < 1.29 is 14.3 Å². The van der Waals surface area contributed by atoms with E-state index in [0.717, 1.165) is 18.7 Å². The van der Waals surface area contributed by atoms with Crippen LogP contribution in [0.25, 0.3) is 0 Å². The van der Waals surface area contributed by atoms with Crippen LogP contribution >= 0.6 is 0 Å². The monoisotopic (exact) mass is 288 g/mol. The molecular weight excluding hydrogens is 268 g/mol. The fourth-order valence-corrected chi connectivity index (χ4v) is 2.90. The van der Waals surface area contributed by atoms with Crippen LogP contribution in [0.2, 0.25) is 0 Å². The number of carbonyl (C=O) groups excluding carboxylic acids is 2. The number of carbonyl (C=O) groups is 2. The molecule has 0 spiro atoms. The normalized spacial score (nSPS) is 22.7. The zero-order valence-electron chi connectivity index (χ0n) is 12.2. The predicted molar refractivity (Wildman–Crippen MR) is 79.3 cm³/mol. The Morgan fingerprint density at radius 2 is 2.00 bits per heavy atom. The number of morpholine rings is 1. The van der Waals surface area contributed by atoms with E-state index in [-0.39, 0.29) is 17.9 Å². The maximum atomic E-state index is 12.5. The van der Waals surface area contributed by atoms with Gasteiger partial charge in [-0.1, -0.05) is 0 Å². The first-order valence-electron chi connectivity index (χ1n) is 7.46. The van der Waals surface area contributed by atoms with Gasteiger partial charge < -0.3 is 14.5 Å². The molecule has 0 aliphatic carbocycles. The van der Waals surface area contributed by atoms with Crippen LogP contribution in [-0.4, -0.2) is 49.1 Å². The Morgan fingerprint density at radius 3 is 2.62 bits per heavy atom. The first-order chi connectivity index (χ1) is 10.2. The second kappa shape index (κ2) is 5.85. The van der Waals surface area contributed by atoms with Gasteiger partial charge in [0.1, 0.15) is 0 Å². The van der Waals surface area contributed by atoms with Crippen molar-refractivity contribution in [2.24, 2.45) is 0 Å². The summed E-state index contributed by atoms with van der Waals surface area (Å²) in [6.45, 7) is 4.58. The number of nitrogens with zero attached hydrogens (tertiary/aromatic N) is 2. The van der Waals surface area contributed by atoms with Crippen molar-refractivity contribution >= 4 is 17.5 Å². The summed E-state index contributed by atoms with van der Waals surface area (Å²) in [5.74, 6) is 0.195. The Labute approximate surface area is 124 Å². The van der Waals surface area contributed by atoms with E-state index >= 15 is 0 Å². The Bertz CT molecular complexity index is 541. The molecule has 0 N–H and O–H groups in total. The molecular formula is C16H20N2O3. The zero-order chi connectivity index (χ0) is 14.8. The van der Waals surface area contributed by atoms with E-state index in [1.54, 1.807) is 4.90 Å². The third-order valence-electron chi connectivity index (χ3n) is 4.13. The Balaban J connectivity index is 1.74. The quantitative estimate of drug-likeness (QED) is 0.832. The summed E-state index contributed by atoms with van der Waals surface area (Å²) in [6, 6.07) is 7.45. The molecule has 21 heavy (non-hydrogen) atoms. The zero-order valence-corrected chi connectivity index (χ0v) is 12.2. The number of ether oxygens (including phenoxy) is 1. The highest BCUT2D eigenvalue weighted by Gasteiger charge is 2.25. The SMILES string of the molecule is CC1COCCN1C(=O)c1ccc(N2CCCC2=O)cc1. The highest BCUT2D eigenvalue weighted by atomic mass is 16.5. The smallest absolute Gasteiger partial charge is 0.254 e. The van der Waals surface area contributed by atoms with E-state index in [4.69, 9.17) is 4.74 Å². The highest BCUT2D eigenvalue weighted by Crippen LogP contribution is 2.22. The van der Waals surface area contributed by atoms with Crippen LogP contribution in [0.15, 0.2) is 24.3 Å². The summed E-state index contributed by atoms with van der Waals surface area (Å²) in [7, 11) is 0. The van der Waals surface area contributed by atoms with E-state index in [2.05, 4.69) is 0 Å². The van der Waals surface area contributed by atoms with Crippen LogP contribution in [0, 0.1) is 0 Å². The van der Waals surface area contributed by atoms with Crippen LogP contribution in [0.3, 0.4) is 0 Å². The fraction of sp³-hybridized carbons (Fsp3) is 0.500. The molecule has 1 aromatic rings. The van der Waals surface area contributed by atoms with Gasteiger partial charge in [0, 0.05) is 30.8 Å². The van der Waals surface area contributed by atoms with Crippen LogP contribution in [0.4, 0.5) is 5.69 Å². The molecule has 2 aliphatic rings. The first-order valence-corrected chi connectivity index (χ1v) is 7.46. The molecule has 2 heterocycles. The summed E-state index contributed by atoms with van der Waals surface area (Å²) in [4.78, 5) is 27.8. The number of amides is 2. The average molecular weight is 288 g/mol. The molecule has 1 atom stereocenters. The molecule has 1 aromatic carbocycles. The van der Waals surface area contributed by atoms with Crippen LogP contribution in [0.5, 0.6) is 0 Å². The molecule has 112 valence electrons. The molecule has 2 amide bonds. The minimum atomic E-state index is 0.0325. The summed E-state index contributed by atoms with van der Waals surface area (Å²) in [5, 5.41) is 0. The van der Waals surface area contributed by atoms with Crippen molar-refractivity contribution in [3.8, 4) is 0 Å². The van der Waals surface area contributed by atoms with Crippen LogP contribution < -0.4 is 4.90 Å². The lowest BCUT2D eigenvalue weighted by atomic mass is 10.1. The van der Waals surface area contributed by atoms with Gasteiger partial charge in [0.2, 0.25) is 5.91 Å². The van der Waals surface area contributed by atoms with E-state index in [9.17, 15) is 9.59 Å². The highest BCUT2D eigenvalue weighted by molar-refractivity contribution is 5.97. The molecule has 3 rings (SSSR count). The first kappa shape index (κ1) is 14.1. The summed E-state index contributed by atoms with van der Waals surface area (Å²) in [5.41, 5.74) is 1.54. The average Bonchev–Trinajstić information content (AvgIpc) is 2.93. The fourth-order valence-electron chi connectivity index (χ4n) is 2.90. The Hall–Kier alpha value is -1.88. The van der Waals surface area contributed by atoms with Gasteiger partial charge in [0.15, 0.2) is 0 Å². The van der Waals surface area contributed by atoms with E-state index in [1.165, 1.54) is 0 Å². The van der Waals surface area contributed by atoms with Gasteiger partial charge in [-0.25, -0.2) is 0 Å². The molecule has 2 aliphatic heterocycles. The van der Waals surface area contributed by atoms with Gasteiger partial charge in [0.25, 0.3) is 5.91 Å². The van der Waals surface area contributed by atoms with E-state index in [0.29, 0.717) is 31.7 Å². The molecule has 5 heteroatoms. The van der Waals surface area contributed by atoms with Crippen molar-refractivity contribution in [3.05, 3.63) is 29.8 Å². The number of benzene rings is 1. The number of anilines is 1.